The molecular formula is C28H34N2O6. The van der Waals surface area contributed by atoms with Gasteiger partial charge in [-0.1, -0.05) is 31.4 Å². The lowest BCUT2D eigenvalue weighted by molar-refractivity contribution is -0.160. The van der Waals surface area contributed by atoms with Crippen molar-refractivity contribution in [1.82, 2.24) is 9.80 Å². The van der Waals surface area contributed by atoms with E-state index in [4.69, 9.17) is 18.9 Å². The van der Waals surface area contributed by atoms with Crippen molar-refractivity contribution in [3.8, 4) is 23.0 Å². The zero-order chi connectivity index (χ0) is 25.2. The van der Waals surface area contributed by atoms with Gasteiger partial charge in [-0.3, -0.25) is 9.59 Å². The number of nitrogens with zero attached hydrogens (tertiary/aromatic N) is 2. The fourth-order valence-electron chi connectivity index (χ4n) is 5.39. The maximum Gasteiger partial charge on any atom is 0.250 e. The van der Waals surface area contributed by atoms with Gasteiger partial charge in [-0.05, 0) is 62.1 Å². The molecule has 2 aromatic rings. The molecule has 8 nitrogen and oxygen atoms in total. The Balaban J connectivity index is 1.50. The first-order valence-electron chi connectivity index (χ1n) is 12.8. The maximum absolute atomic E-state index is 14.0. The molecule has 36 heavy (non-hydrogen) atoms. The summed E-state index contributed by atoms with van der Waals surface area (Å²) in [5.41, 5.74) is 1.59. The predicted molar refractivity (Wildman–Crippen MR) is 133 cm³/mol. The molecule has 2 aliphatic heterocycles. The number of ether oxygens (including phenoxy) is 4. The summed E-state index contributed by atoms with van der Waals surface area (Å²) in [7, 11) is 1.58. The number of rotatable bonds is 7. The lowest BCUT2D eigenvalue weighted by Crippen LogP contribution is -2.58. The Kier molecular flexibility index (Phi) is 6.94. The zero-order valence-electron chi connectivity index (χ0n) is 21.2. The SMILES string of the molecule is COc1cc(C2C(=O)N(C3CCCCC3)CC(=O)N2Cc2ccc3c(c2)OCO3)ccc1OC(C)C. The van der Waals surface area contributed by atoms with Gasteiger partial charge in [0.15, 0.2) is 23.0 Å². The van der Waals surface area contributed by atoms with E-state index >= 15 is 0 Å². The van der Waals surface area contributed by atoms with Crippen LogP contribution in [0.2, 0.25) is 0 Å². The van der Waals surface area contributed by atoms with Gasteiger partial charge in [-0.25, -0.2) is 0 Å². The van der Waals surface area contributed by atoms with E-state index in [-0.39, 0.29) is 43.8 Å². The van der Waals surface area contributed by atoms with Crippen molar-refractivity contribution in [3.63, 3.8) is 0 Å². The monoisotopic (exact) mass is 494 g/mol. The van der Waals surface area contributed by atoms with Crippen molar-refractivity contribution in [2.45, 2.75) is 70.7 Å². The molecule has 0 bridgehead atoms. The summed E-state index contributed by atoms with van der Waals surface area (Å²) in [6, 6.07) is 10.5. The molecule has 5 rings (SSSR count). The van der Waals surface area contributed by atoms with Crippen LogP contribution in [0, 0.1) is 0 Å². The van der Waals surface area contributed by atoms with Gasteiger partial charge in [0.05, 0.1) is 13.2 Å². The lowest BCUT2D eigenvalue weighted by Gasteiger charge is -2.44. The lowest BCUT2D eigenvalue weighted by atomic mass is 9.91. The molecule has 0 aromatic heterocycles. The third-order valence-electron chi connectivity index (χ3n) is 7.13. The molecule has 2 heterocycles. The van der Waals surface area contributed by atoms with Crippen LogP contribution in [0.25, 0.3) is 0 Å². The number of carbonyl (C=O) groups excluding carboxylic acids is 2. The highest BCUT2D eigenvalue weighted by Gasteiger charge is 2.43. The Labute approximate surface area is 212 Å². The van der Waals surface area contributed by atoms with E-state index < -0.39 is 6.04 Å². The third kappa shape index (κ3) is 4.81. The van der Waals surface area contributed by atoms with E-state index in [0.29, 0.717) is 28.6 Å². The fourth-order valence-corrected chi connectivity index (χ4v) is 5.39. The van der Waals surface area contributed by atoms with Crippen molar-refractivity contribution >= 4 is 11.8 Å². The van der Waals surface area contributed by atoms with Crippen LogP contribution in [-0.4, -0.2) is 54.2 Å². The first kappa shape index (κ1) is 24.3. The maximum atomic E-state index is 14.0. The van der Waals surface area contributed by atoms with Crippen LogP contribution in [0.3, 0.4) is 0 Å². The minimum Gasteiger partial charge on any atom is -0.493 e. The molecule has 1 aliphatic carbocycles. The van der Waals surface area contributed by atoms with Crippen LogP contribution < -0.4 is 18.9 Å². The van der Waals surface area contributed by atoms with E-state index in [1.165, 1.54) is 6.42 Å². The number of hydrogen-bond acceptors (Lipinski definition) is 6. The highest BCUT2D eigenvalue weighted by molar-refractivity contribution is 5.96. The van der Waals surface area contributed by atoms with Crippen LogP contribution in [0.1, 0.15) is 63.1 Å². The van der Waals surface area contributed by atoms with Gasteiger partial charge in [0.25, 0.3) is 5.91 Å². The Bertz CT molecular complexity index is 1130. The van der Waals surface area contributed by atoms with Gasteiger partial charge >= 0.3 is 0 Å². The average Bonchev–Trinajstić information content (AvgIpc) is 3.35. The number of carbonyl (C=O) groups is 2. The van der Waals surface area contributed by atoms with Gasteiger partial charge in [0.1, 0.15) is 12.6 Å². The summed E-state index contributed by atoms with van der Waals surface area (Å²) in [5, 5.41) is 0. The minimum absolute atomic E-state index is 0.0214. The molecule has 1 atom stereocenters. The average molecular weight is 495 g/mol. The van der Waals surface area contributed by atoms with Crippen molar-refractivity contribution in [3.05, 3.63) is 47.5 Å². The Hall–Kier alpha value is -3.42. The molecule has 0 N–H and O–H groups in total. The van der Waals surface area contributed by atoms with Crippen LogP contribution in [0.15, 0.2) is 36.4 Å². The minimum atomic E-state index is -0.749. The quantitative estimate of drug-likeness (QED) is 0.566. The number of piperazine rings is 1. The number of benzene rings is 2. The Morgan fingerprint density at radius 1 is 0.972 bits per heavy atom. The molecule has 3 aliphatic rings. The van der Waals surface area contributed by atoms with Crippen LogP contribution >= 0.6 is 0 Å². The molecule has 1 saturated carbocycles. The normalized spacial score (nSPS) is 20.3. The van der Waals surface area contributed by atoms with Gasteiger partial charge < -0.3 is 28.7 Å². The third-order valence-corrected chi connectivity index (χ3v) is 7.13. The molecule has 2 amide bonds. The largest absolute Gasteiger partial charge is 0.493 e. The second-order valence-electron chi connectivity index (χ2n) is 9.95. The van der Waals surface area contributed by atoms with Crippen LogP contribution in [-0.2, 0) is 16.1 Å². The van der Waals surface area contributed by atoms with E-state index in [9.17, 15) is 9.59 Å². The molecular weight excluding hydrogens is 460 g/mol. The Morgan fingerprint density at radius 2 is 1.75 bits per heavy atom. The molecule has 1 saturated heterocycles. The first-order valence-corrected chi connectivity index (χ1v) is 12.8. The van der Waals surface area contributed by atoms with Gasteiger partial charge in [-0.15, -0.1) is 0 Å². The molecule has 192 valence electrons. The fraction of sp³-hybridized carbons (Fsp3) is 0.500. The molecule has 1 unspecified atom stereocenters. The smallest absolute Gasteiger partial charge is 0.250 e. The van der Waals surface area contributed by atoms with Crippen molar-refractivity contribution in [2.75, 3.05) is 20.4 Å². The first-order chi connectivity index (χ1) is 17.4. The molecule has 0 spiro atoms. The topological polar surface area (TPSA) is 77.5 Å². The van der Waals surface area contributed by atoms with E-state index in [1.807, 2.05) is 55.1 Å². The summed E-state index contributed by atoms with van der Waals surface area (Å²) in [6.07, 6.45) is 5.22. The highest BCUT2D eigenvalue weighted by Crippen LogP contribution is 2.39. The number of fused-ring (bicyclic) bond motifs is 1. The number of methoxy groups -OCH3 is 1. The van der Waals surface area contributed by atoms with Crippen molar-refractivity contribution < 1.29 is 28.5 Å². The second-order valence-corrected chi connectivity index (χ2v) is 9.95. The summed E-state index contributed by atoms with van der Waals surface area (Å²) in [6.45, 7) is 4.48. The number of hydrogen-bond donors (Lipinski definition) is 0. The van der Waals surface area contributed by atoms with Crippen LogP contribution in [0.5, 0.6) is 23.0 Å². The van der Waals surface area contributed by atoms with E-state index in [2.05, 4.69) is 0 Å². The van der Waals surface area contributed by atoms with E-state index in [0.717, 1.165) is 31.2 Å². The Morgan fingerprint density at radius 3 is 2.50 bits per heavy atom. The highest BCUT2D eigenvalue weighted by atomic mass is 16.7. The van der Waals surface area contributed by atoms with Gasteiger partial charge in [-0.2, -0.15) is 0 Å². The molecule has 2 aromatic carbocycles. The predicted octanol–water partition coefficient (Wildman–Crippen LogP) is 4.46. The molecule has 2 fully saturated rings. The van der Waals surface area contributed by atoms with E-state index in [1.54, 1.807) is 12.0 Å². The number of amides is 2. The molecule has 8 heteroatoms. The summed E-state index contributed by atoms with van der Waals surface area (Å²) < 4.78 is 22.4. The van der Waals surface area contributed by atoms with Gasteiger partial charge in [0, 0.05) is 12.6 Å². The standard InChI is InChI=1S/C28H34N2O6/c1-18(2)36-23-12-10-20(14-24(23)33-3)27-28(32)29(21-7-5-4-6-8-21)16-26(31)30(27)15-19-9-11-22-25(13-19)35-17-34-22/h9-14,18,21,27H,4-8,15-17H2,1-3H3. The van der Waals surface area contributed by atoms with Crippen molar-refractivity contribution in [2.24, 2.45) is 0 Å². The zero-order valence-corrected chi connectivity index (χ0v) is 21.2. The van der Waals surface area contributed by atoms with Crippen molar-refractivity contribution in [1.29, 1.82) is 0 Å². The summed E-state index contributed by atoms with van der Waals surface area (Å²) >= 11 is 0. The molecule has 0 radical (unpaired) electrons. The summed E-state index contributed by atoms with van der Waals surface area (Å²) in [4.78, 5) is 31.1. The second kappa shape index (κ2) is 10.3. The van der Waals surface area contributed by atoms with Crippen LogP contribution in [0.4, 0.5) is 0 Å². The van der Waals surface area contributed by atoms with Gasteiger partial charge in [0.2, 0.25) is 12.7 Å². The summed E-state index contributed by atoms with van der Waals surface area (Å²) in [5.74, 6) is 2.38.